The van der Waals surface area contributed by atoms with E-state index in [9.17, 15) is 13.2 Å². The number of benzene rings is 1. The molecule has 1 N–H and O–H groups in total. The maximum absolute atomic E-state index is 12.8. The molecule has 1 fully saturated rings. The molecule has 2 aromatic rings. The highest BCUT2D eigenvalue weighted by molar-refractivity contribution is 7.89. The Bertz CT molecular complexity index is 1000. The van der Waals surface area contributed by atoms with Crippen LogP contribution in [0.25, 0.3) is 0 Å². The quantitative estimate of drug-likeness (QED) is 0.559. The second-order valence-corrected chi connectivity index (χ2v) is 10.2. The zero-order chi connectivity index (χ0) is 23.1. The Hall–Kier alpha value is -2.00. The predicted molar refractivity (Wildman–Crippen MR) is 126 cm³/mol. The summed E-state index contributed by atoms with van der Waals surface area (Å²) >= 11 is 5.97. The number of carbonyl (C=O) groups excluding carboxylic acids is 1. The van der Waals surface area contributed by atoms with Crippen molar-refractivity contribution in [3.63, 3.8) is 0 Å². The van der Waals surface area contributed by atoms with Crippen LogP contribution in [0.5, 0.6) is 0 Å². The molecule has 1 aromatic carbocycles. The number of nitrogens with zero attached hydrogens (tertiary/aromatic N) is 3. The lowest BCUT2D eigenvalue weighted by Gasteiger charge is -2.30. The lowest BCUT2D eigenvalue weighted by molar-refractivity contribution is -0.126. The van der Waals surface area contributed by atoms with E-state index < -0.39 is 10.0 Å². The first-order chi connectivity index (χ1) is 15.3. The Morgan fingerprint density at radius 3 is 2.34 bits per heavy atom. The Morgan fingerprint density at radius 1 is 1.12 bits per heavy atom. The summed E-state index contributed by atoms with van der Waals surface area (Å²) in [5, 5.41) is 2.97. The van der Waals surface area contributed by atoms with E-state index in [4.69, 9.17) is 11.6 Å². The Labute approximate surface area is 195 Å². The van der Waals surface area contributed by atoms with Gasteiger partial charge >= 0.3 is 0 Å². The number of hydrogen-bond acceptors (Lipinski definition) is 5. The van der Waals surface area contributed by atoms with E-state index in [0.717, 1.165) is 25.2 Å². The highest BCUT2D eigenvalue weighted by atomic mass is 35.5. The molecular weight excluding hydrogens is 448 g/mol. The minimum absolute atomic E-state index is 0.00834. The van der Waals surface area contributed by atoms with Crippen LogP contribution in [0.3, 0.4) is 0 Å². The average Bonchev–Trinajstić information content (AvgIpc) is 2.82. The molecule has 174 valence electrons. The summed E-state index contributed by atoms with van der Waals surface area (Å²) in [6, 6.07) is 11.3. The van der Waals surface area contributed by atoms with E-state index >= 15 is 0 Å². The average molecular weight is 479 g/mol. The van der Waals surface area contributed by atoms with Crippen molar-refractivity contribution in [3.05, 3.63) is 58.9 Å². The van der Waals surface area contributed by atoms with E-state index in [-0.39, 0.29) is 35.0 Å². The van der Waals surface area contributed by atoms with Crippen molar-refractivity contribution in [1.29, 1.82) is 0 Å². The van der Waals surface area contributed by atoms with E-state index in [1.54, 1.807) is 6.07 Å². The Kier molecular flexibility index (Phi) is 8.64. The van der Waals surface area contributed by atoms with Crippen LogP contribution >= 0.6 is 11.6 Å². The third-order valence-electron chi connectivity index (χ3n) is 5.96. The molecular formula is C23H31ClN4O3S. The lowest BCUT2D eigenvalue weighted by atomic mass is 9.97. The van der Waals surface area contributed by atoms with Gasteiger partial charge in [-0.2, -0.15) is 4.31 Å². The van der Waals surface area contributed by atoms with Crippen molar-refractivity contribution < 1.29 is 13.2 Å². The summed E-state index contributed by atoms with van der Waals surface area (Å²) < 4.78 is 27.0. The fourth-order valence-corrected chi connectivity index (χ4v) is 5.76. The van der Waals surface area contributed by atoms with Gasteiger partial charge in [-0.05, 0) is 49.2 Å². The first kappa shape index (κ1) is 24.6. The molecule has 32 heavy (non-hydrogen) atoms. The van der Waals surface area contributed by atoms with Crippen LogP contribution < -0.4 is 5.32 Å². The Balaban J connectivity index is 1.49. The van der Waals surface area contributed by atoms with Gasteiger partial charge in [-0.3, -0.25) is 9.69 Å². The minimum atomic E-state index is -3.71. The first-order valence-corrected chi connectivity index (χ1v) is 12.9. The first-order valence-electron chi connectivity index (χ1n) is 11.0. The van der Waals surface area contributed by atoms with Crippen LogP contribution in [-0.4, -0.2) is 54.7 Å². The minimum Gasteiger partial charge on any atom is -0.352 e. The third kappa shape index (κ3) is 6.07. The van der Waals surface area contributed by atoms with Crippen molar-refractivity contribution in [1.82, 2.24) is 19.5 Å². The smallest absolute Gasteiger partial charge is 0.246 e. The molecule has 3 rings (SSSR count). The molecule has 7 nitrogen and oxygen atoms in total. The van der Waals surface area contributed by atoms with Gasteiger partial charge in [0.1, 0.15) is 10.0 Å². The summed E-state index contributed by atoms with van der Waals surface area (Å²) in [5.74, 6) is -0.235. The number of aromatic nitrogens is 1. The van der Waals surface area contributed by atoms with Crippen molar-refractivity contribution in [3.8, 4) is 0 Å². The summed E-state index contributed by atoms with van der Waals surface area (Å²) in [6.07, 6.45) is 2.41. The van der Waals surface area contributed by atoms with Crippen LogP contribution in [0.4, 0.5) is 0 Å². The van der Waals surface area contributed by atoms with Gasteiger partial charge in [0, 0.05) is 38.3 Å². The molecule has 1 amide bonds. The van der Waals surface area contributed by atoms with Crippen LogP contribution in [-0.2, 0) is 27.9 Å². The second-order valence-electron chi connectivity index (χ2n) is 7.97. The summed E-state index contributed by atoms with van der Waals surface area (Å²) in [6.45, 7) is 8.30. The van der Waals surface area contributed by atoms with Crippen LogP contribution in [0.1, 0.15) is 37.8 Å². The van der Waals surface area contributed by atoms with Crippen molar-refractivity contribution >= 4 is 27.5 Å². The molecule has 0 bridgehead atoms. The molecule has 0 saturated carbocycles. The van der Waals surface area contributed by atoms with Crippen molar-refractivity contribution in [2.45, 2.75) is 44.7 Å². The number of rotatable bonds is 9. The number of halogens is 1. The molecule has 0 spiro atoms. The standard InChI is InChI=1S/C23H31ClN4O3S/c1-3-27(4-2)17-19-9-7-18(8-10-19)16-26-23(29)20-11-14-28(15-12-20)32(30,31)21-6-5-13-25-22(21)24/h5-10,13,20H,3-4,11-12,14-17H2,1-2H3,(H,26,29). The molecule has 0 radical (unpaired) electrons. The lowest BCUT2D eigenvalue weighted by Crippen LogP contribution is -2.42. The number of sulfonamides is 1. The Morgan fingerprint density at radius 2 is 1.75 bits per heavy atom. The molecule has 0 atom stereocenters. The van der Waals surface area contributed by atoms with Gasteiger partial charge in [0.2, 0.25) is 15.9 Å². The fourth-order valence-electron chi connectivity index (χ4n) is 3.86. The van der Waals surface area contributed by atoms with Gasteiger partial charge in [0.05, 0.1) is 0 Å². The maximum Gasteiger partial charge on any atom is 0.246 e. The summed E-state index contributed by atoms with van der Waals surface area (Å²) in [7, 11) is -3.71. The highest BCUT2D eigenvalue weighted by Gasteiger charge is 2.33. The molecule has 1 saturated heterocycles. The van der Waals surface area contributed by atoms with Gasteiger partial charge in [0.15, 0.2) is 0 Å². The zero-order valence-electron chi connectivity index (χ0n) is 18.6. The number of amides is 1. The van der Waals surface area contributed by atoms with Crippen molar-refractivity contribution in [2.24, 2.45) is 5.92 Å². The van der Waals surface area contributed by atoms with Crippen LogP contribution in [0.15, 0.2) is 47.5 Å². The normalized spacial score (nSPS) is 15.8. The van der Waals surface area contributed by atoms with Gasteiger partial charge in [-0.15, -0.1) is 0 Å². The van der Waals surface area contributed by atoms with Crippen LogP contribution in [0.2, 0.25) is 5.15 Å². The molecule has 1 aliphatic rings. The molecule has 1 aromatic heterocycles. The number of carbonyl (C=O) groups is 1. The number of nitrogens with one attached hydrogen (secondary N) is 1. The topological polar surface area (TPSA) is 82.6 Å². The number of piperidine rings is 1. The van der Waals surface area contributed by atoms with Crippen LogP contribution in [0, 0.1) is 5.92 Å². The van der Waals surface area contributed by atoms with Gasteiger partial charge in [0.25, 0.3) is 0 Å². The SMILES string of the molecule is CCN(CC)Cc1ccc(CNC(=O)C2CCN(S(=O)(=O)c3cccnc3Cl)CC2)cc1. The number of pyridine rings is 1. The zero-order valence-corrected chi connectivity index (χ0v) is 20.2. The second kappa shape index (κ2) is 11.2. The van der Waals surface area contributed by atoms with Gasteiger partial charge < -0.3 is 5.32 Å². The summed E-state index contributed by atoms with van der Waals surface area (Å²) in [5.41, 5.74) is 2.30. The monoisotopic (exact) mass is 478 g/mol. The van der Waals surface area contributed by atoms with E-state index in [1.165, 1.54) is 22.1 Å². The molecule has 0 unspecified atom stereocenters. The maximum atomic E-state index is 12.8. The molecule has 1 aliphatic heterocycles. The van der Waals surface area contributed by atoms with Crippen molar-refractivity contribution in [2.75, 3.05) is 26.2 Å². The van der Waals surface area contributed by atoms with E-state index in [1.807, 2.05) is 12.1 Å². The fraction of sp³-hybridized carbons (Fsp3) is 0.478. The molecule has 9 heteroatoms. The van der Waals surface area contributed by atoms with Gasteiger partial charge in [-0.1, -0.05) is 49.7 Å². The van der Waals surface area contributed by atoms with E-state index in [0.29, 0.717) is 19.4 Å². The molecule has 0 aliphatic carbocycles. The third-order valence-corrected chi connectivity index (χ3v) is 8.30. The summed E-state index contributed by atoms with van der Waals surface area (Å²) in [4.78, 5) is 18.8. The molecule has 2 heterocycles. The predicted octanol–water partition coefficient (Wildman–Crippen LogP) is 3.29. The number of hydrogen-bond donors (Lipinski definition) is 1. The van der Waals surface area contributed by atoms with E-state index in [2.05, 4.69) is 41.2 Å². The largest absolute Gasteiger partial charge is 0.352 e. The van der Waals surface area contributed by atoms with Gasteiger partial charge in [-0.25, -0.2) is 13.4 Å². The highest BCUT2D eigenvalue weighted by Crippen LogP contribution is 2.27.